The molecule has 0 aliphatic carbocycles. The second-order valence-corrected chi connectivity index (χ2v) is 1.10. The maximum atomic E-state index is 10.7. The molecule has 0 aliphatic heterocycles. The van der Waals surface area contributed by atoms with Crippen LogP contribution in [0, 0.1) is 0 Å². The monoisotopic (exact) mass is 180 g/mol. The first kappa shape index (κ1) is 12.1. The average molecular weight is 181 g/mol. The summed E-state index contributed by atoms with van der Waals surface area (Å²) in [5.41, 5.74) is 0. The standard InChI is InChI=1S/C2ClF3.C2H2F2/c3-1(4)2(5)6;3-1-2-4/h;1-2H. The zero-order chi connectivity index (χ0) is 8.57. The van der Waals surface area contributed by atoms with Gasteiger partial charge in [0, 0.05) is 0 Å². The summed E-state index contributed by atoms with van der Waals surface area (Å²) in [6, 6.07) is 0. The van der Waals surface area contributed by atoms with Crippen molar-refractivity contribution in [2.24, 2.45) is 0 Å². The van der Waals surface area contributed by atoms with Crippen LogP contribution in [0.4, 0.5) is 22.0 Å². The Morgan fingerprint density at radius 1 is 1.00 bits per heavy atom. The molecule has 0 unspecified atom stereocenters. The van der Waals surface area contributed by atoms with Gasteiger partial charge in [-0.3, -0.25) is 0 Å². The molecule has 0 radical (unpaired) electrons. The molecule has 0 rings (SSSR count). The lowest BCUT2D eigenvalue weighted by Gasteiger charge is -1.70. The lowest BCUT2D eigenvalue weighted by Crippen LogP contribution is -1.54. The van der Waals surface area contributed by atoms with E-state index in [2.05, 4.69) is 11.6 Å². The molecular weight excluding hydrogens is 178 g/mol. The SMILES string of the molecule is FC(F)=C(F)Cl.FC=CF. The Balaban J connectivity index is 0. The van der Waals surface area contributed by atoms with Crippen molar-refractivity contribution in [2.45, 2.75) is 0 Å². The highest BCUT2D eigenvalue weighted by Crippen LogP contribution is 2.11. The van der Waals surface area contributed by atoms with Crippen molar-refractivity contribution in [3.8, 4) is 0 Å². The molecule has 0 amide bonds. The first-order chi connectivity index (χ1) is 4.56. The van der Waals surface area contributed by atoms with Crippen LogP contribution in [0.3, 0.4) is 0 Å². The van der Waals surface area contributed by atoms with E-state index in [1.54, 1.807) is 0 Å². The van der Waals surface area contributed by atoms with Crippen molar-refractivity contribution < 1.29 is 22.0 Å². The molecule has 0 bridgehead atoms. The van der Waals surface area contributed by atoms with Crippen LogP contribution in [0.25, 0.3) is 0 Å². The molecule has 0 spiro atoms. The number of hydrogen-bond donors (Lipinski definition) is 0. The predicted octanol–water partition coefficient (Wildman–Crippen LogP) is 3.66. The third-order valence-electron chi connectivity index (χ3n) is 0.190. The van der Waals surface area contributed by atoms with E-state index in [1.807, 2.05) is 0 Å². The molecular formula is C4H2ClF5. The Morgan fingerprint density at radius 3 is 1.20 bits per heavy atom. The first-order valence-corrected chi connectivity index (χ1v) is 2.15. The van der Waals surface area contributed by atoms with E-state index < -0.39 is 11.4 Å². The van der Waals surface area contributed by atoms with E-state index in [9.17, 15) is 22.0 Å². The van der Waals surface area contributed by atoms with Crippen molar-refractivity contribution in [2.75, 3.05) is 0 Å². The zero-order valence-corrected chi connectivity index (χ0v) is 5.18. The highest BCUT2D eigenvalue weighted by atomic mass is 35.5. The van der Waals surface area contributed by atoms with Crippen LogP contribution in [-0.2, 0) is 0 Å². The molecule has 0 saturated carbocycles. The number of halogens is 6. The minimum absolute atomic E-state index is 0.167. The van der Waals surface area contributed by atoms with E-state index in [0.717, 1.165) is 0 Å². The van der Waals surface area contributed by atoms with Gasteiger partial charge in [-0.1, -0.05) is 0 Å². The molecule has 0 aromatic heterocycles. The van der Waals surface area contributed by atoms with Crippen LogP contribution in [0.2, 0.25) is 0 Å². The molecule has 0 N–H and O–H groups in total. The predicted molar refractivity (Wildman–Crippen MR) is 27.6 cm³/mol. The molecule has 0 fully saturated rings. The summed E-state index contributed by atoms with van der Waals surface area (Å²) in [5, 5.41) is -1.94. The van der Waals surface area contributed by atoms with Crippen molar-refractivity contribution >= 4 is 11.6 Å². The van der Waals surface area contributed by atoms with Gasteiger partial charge >= 0.3 is 6.08 Å². The summed E-state index contributed by atoms with van der Waals surface area (Å²) in [7, 11) is 0. The average Bonchev–Trinajstić information content (AvgIpc) is 1.89. The minimum atomic E-state index is -2.48. The first-order valence-electron chi connectivity index (χ1n) is 1.78. The smallest absolute Gasteiger partial charge is 0.213 e. The molecule has 0 heterocycles. The van der Waals surface area contributed by atoms with Gasteiger partial charge in [-0.05, 0) is 11.6 Å². The maximum Gasteiger partial charge on any atom is 0.317 e. The number of hydrogen-bond acceptors (Lipinski definition) is 0. The molecule has 0 aliphatic rings. The van der Waals surface area contributed by atoms with Gasteiger partial charge in [-0.25, -0.2) is 8.78 Å². The maximum absolute atomic E-state index is 10.7. The zero-order valence-electron chi connectivity index (χ0n) is 4.42. The fourth-order valence-corrected chi connectivity index (χ4v) is 0. The molecule has 0 nitrogen and oxygen atoms in total. The highest BCUT2D eigenvalue weighted by molar-refractivity contribution is 6.28. The summed E-state index contributed by atoms with van der Waals surface area (Å²) >= 11 is 4.08. The van der Waals surface area contributed by atoms with Gasteiger partial charge in [0.15, 0.2) is 0 Å². The summed E-state index contributed by atoms with van der Waals surface area (Å²) in [4.78, 5) is 0. The van der Waals surface area contributed by atoms with Gasteiger partial charge in [-0.15, -0.1) is 0 Å². The van der Waals surface area contributed by atoms with Crippen LogP contribution in [-0.4, -0.2) is 0 Å². The normalized spacial score (nSPS) is 8.60. The minimum Gasteiger partial charge on any atom is -0.213 e. The van der Waals surface area contributed by atoms with Crippen LogP contribution >= 0.6 is 11.6 Å². The van der Waals surface area contributed by atoms with E-state index in [1.165, 1.54) is 0 Å². The van der Waals surface area contributed by atoms with Crippen molar-refractivity contribution in [3.63, 3.8) is 0 Å². The van der Waals surface area contributed by atoms with Crippen molar-refractivity contribution in [3.05, 3.63) is 24.0 Å². The lowest BCUT2D eigenvalue weighted by atomic mass is 11.1. The van der Waals surface area contributed by atoms with E-state index in [4.69, 9.17) is 0 Å². The Morgan fingerprint density at radius 2 is 1.20 bits per heavy atom. The number of rotatable bonds is 0. The summed E-state index contributed by atoms with van der Waals surface area (Å²) in [6.45, 7) is 0. The summed E-state index contributed by atoms with van der Waals surface area (Å²) < 4.78 is 52.1. The van der Waals surface area contributed by atoms with Crippen LogP contribution in [0.5, 0.6) is 0 Å². The third-order valence-corrected chi connectivity index (χ3v) is 0.333. The Kier molecular flexibility index (Phi) is 10.2. The largest absolute Gasteiger partial charge is 0.317 e. The van der Waals surface area contributed by atoms with Gasteiger partial charge in [0.05, 0.1) is 0 Å². The highest BCUT2D eigenvalue weighted by Gasteiger charge is 1.95. The van der Waals surface area contributed by atoms with Crippen molar-refractivity contribution in [1.82, 2.24) is 0 Å². The van der Waals surface area contributed by atoms with E-state index >= 15 is 0 Å². The molecule has 0 atom stereocenters. The fourth-order valence-electron chi connectivity index (χ4n) is 0. The molecule has 6 heteroatoms. The Hall–Kier alpha value is -0.580. The molecule has 0 aromatic carbocycles. The van der Waals surface area contributed by atoms with Gasteiger partial charge < -0.3 is 0 Å². The van der Waals surface area contributed by atoms with Crippen LogP contribution in [0.15, 0.2) is 24.0 Å². The van der Waals surface area contributed by atoms with Crippen LogP contribution in [0.1, 0.15) is 0 Å². The molecule has 0 saturated heterocycles. The molecule has 10 heavy (non-hydrogen) atoms. The van der Waals surface area contributed by atoms with Gasteiger partial charge in [0.1, 0.15) is 12.7 Å². The van der Waals surface area contributed by atoms with Gasteiger partial charge in [-0.2, -0.15) is 13.2 Å². The third kappa shape index (κ3) is 15.7. The second kappa shape index (κ2) is 8.42. The van der Waals surface area contributed by atoms with Gasteiger partial charge in [0.25, 0.3) is 5.29 Å². The van der Waals surface area contributed by atoms with Crippen molar-refractivity contribution in [1.29, 1.82) is 0 Å². The van der Waals surface area contributed by atoms with Crippen LogP contribution < -0.4 is 0 Å². The second-order valence-electron chi connectivity index (χ2n) is 0.773. The Bertz CT molecular complexity index is 108. The van der Waals surface area contributed by atoms with E-state index in [0.29, 0.717) is 0 Å². The molecule has 0 aromatic rings. The molecule has 60 valence electrons. The quantitative estimate of drug-likeness (QED) is 0.499. The Labute approximate surface area is 58.6 Å². The lowest BCUT2D eigenvalue weighted by molar-refractivity contribution is 0.393. The van der Waals surface area contributed by atoms with Gasteiger partial charge in [0.2, 0.25) is 0 Å². The summed E-state index contributed by atoms with van der Waals surface area (Å²) in [6.07, 6.45) is -2.81. The van der Waals surface area contributed by atoms with E-state index in [-0.39, 0.29) is 12.7 Å². The fraction of sp³-hybridized carbons (Fsp3) is 0. The topological polar surface area (TPSA) is 0 Å². The summed E-state index contributed by atoms with van der Waals surface area (Å²) in [5.74, 6) is 0.